The van der Waals surface area contributed by atoms with Gasteiger partial charge in [0.1, 0.15) is 4.21 Å². The molecule has 21 heavy (non-hydrogen) atoms. The number of benzene rings is 1. The number of aryl methyl sites for hydroxylation is 2. The predicted molar refractivity (Wildman–Crippen MR) is 88.4 cm³/mol. The topological polar surface area (TPSA) is 58.2 Å². The van der Waals surface area contributed by atoms with Crippen molar-refractivity contribution in [2.75, 3.05) is 11.3 Å². The van der Waals surface area contributed by atoms with Gasteiger partial charge in [0.25, 0.3) is 10.0 Å². The maximum atomic E-state index is 12.4. The third-order valence-corrected chi connectivity index (χ3v) is 6.10. The van der Waals surface area contributed by atoms with Crippen LogP contribution in [0.2, 0.25) is 0 Å². The summed E-state index contributed by atoms with van der Waals surface area (Å²) in [5, 5.41) is 5.06. The summed E-state index contributed by atoms with van der Waals surface area (Å²) in [6, 6.07) is 7.27. The first kappa shape index (κ1) is 16.0. The fourth-order valence-electron chi connectivity index (χ4n) is 1.87. The van der Waals surface area contributed by atoms with E-state index in [0.29, 0.717) is 16.4 Å². The molecular formula is C15H20N2O2S2. The molecule has 0 saturated carbocycles. The van der Waals surface area contributed by atoms with E-state index in [1.54, 1.807) is 12.1 Å². The number of rotatable bonds is 6. The molecule has 1 aromatic heterocycles. The molecule has 2 rings (SSSR count). The van der Waals surface area contributed by atoms with Crippen LogP contribution in [0.5, 0.6) is 0 Å². The van der Waals surface area contributed by atoms with Gasteiger partial charge in [-0.05, 0) is 60.7 Å². The number of hydrogen-bond donors (Lipinski definition) is 2. The van der Waals surface area contributed by atoms with Crippen LogP contribution >= 0.6 is 11.3 Å². The highest BCUT2D eigenvalue weighted by molar-refractivity contribution is 7.94. The molecule has 0 spiro atoms. The first-order valence-electron chi connectivity index (χ1n) is 6.80. The monoisotopic (exact) mass is 324 g/mol. The molecule has 0 saturated heterocycles. The van der Waals surface area contributed by atoms with Crippen molar-refractivity contribution < 1.29 is 8.42 Å². The van der Waals surface area contributed by atoms with E-state index in [4.69, 9.17) is 0 Å². The van der Waals surface area contributed by atoms with Gasteiger partial charge in [0.2, 0.25) is 0 Å². The van der Waals surface area contributed by atoms with Crippen molar-refractivity contribution in [2.45, 2.75) is 31.5 Å². The molecule has 0 radical (unpaired) electrons. The standard InChI is InChI=1S/C15H20N2O2S2/c1-4-16-9-13-8-15(20-10-13)21(18,19)17-14-6-5-11(2)12(3)7-14/h5-8,10,16-17H,4,9H2,1-3H3. The van der Waals surface area contributed by atoms with Gasteiger partial charge in [-0.3, -0.25) is 4.72 Å². The number of anilines is 1. The quantitative estimate of drug-likeness (QED) is 0.857. The number of hydrogen-bond acceptors (Lipinski definition) is 4. The van der Waals surface area contributed by atoms with Crippen LogP contribution in [0.1, 0.15) is 23.6 Å². The van der Waals surface area contributed by atoms with E-state index < -0.39 is 10.0 Å². The Morgan fingerprint density at radius 2 is 1.90 bits per heavy atom. The lowest BCUT2D eigenvalue weighted by Gasteiger charge is -2.08. The van der Waals surface area contributed by atoms with Crippen LogP contribution in [-0.2, 0) is 16.6 Å². The van der Waals surface area contributed by atoms with Crippen molar-refractivity contribution in [1.29, 1.82) is 0 Å². The second-order valence-electron chi connectivity index (χ2n) is 4.96. The summed E-state index contributed by atoms with van der Waals surface area (Å²) >= 11 is 1.24. The lowest BCUT2D eigenvalue weighted by Crippen LogP contribution is -2.12. The molecular weight excluding hydrogens is 304 g/mol. The zero-order valence-corrected chi connectivity index (χ0v) is 14.1. The Balaban J connectivity index is 2.17. The van der Waals surface area contributed by atoms with Gasteiger partial charge in [-0.25, -0.2) is 8.42 Å². The molecule has 114 valence electrons. The number of sulfonamides is 1. The summed E-state index contributed by atoms with van der Waals surface area (Å²) in [5.74, 6) is 0. The van der Waals surface area contributed by atoms with Gasteiger partial charge in [-0.2, -0.15) is 0 Å². The largest absolute Gasteiger partial charge is 0.313 e. The van der Waals surface area contributed by atoms with Gasteiger partial charge in [-0.1, -0.05) is 13.0 Å². The van der Waals surface area contributed by atoms with E-state index in [0.717, 1.165) is 23.2 Å². The second-order valence-corrected chi connectivity index (χ2v) is 7.78. The van der Waals surface area contributed by atoms with E-state index in [1.807, 2.05) is 38.3 Å². The van der Waals surface area contributed by atoms with E-state index in [-0.39, 0.29) is 0 Å². The zero-order chi connectivity index (χ0) is 15.5. The van der Waals surface area contributed by atoms with Crippen molar-refractivity contribution >= 4 is 27.0 Å². The summed E-state index contributed by atoms with van der Waals surface area (Å²) in [4.78, 5) is 0. The summed E-state index contributed by atoms with van der Waals surface area (Å²) in [7, 11) is -3.51. The predicted octanol–water partition coefficient (Wildman–Crippen LogP) is 3.28. The van der Waals surface area contributed by atoms with Crippen molar-refractivity contribution in [3.63, 3.8) is 0 Å². The van der Waals surface area contributed by atoms with Crippen LogP contribution in [0.25, 0.3) is 0 Å². The van der Waals surface area contributed by atoms with Gasteiger partial charge in [0.15, 0.2) is 0 Å². The Morgan fingerprint density at radius 3 is 2.57 bits per heavy atom. The highest BCUT2D eigenvalue weighted by Crippen LogP contribution is 2.24. The molecule has 0 unspecified atom stereocenters. The highest BCUT2D eigenvalue weighted by Gasteiger charge is 2.17. The van der Waals surface area contributed by atoms with Gasteiger partial charge in [0, 0.05) is 12.2 Å². The molecule has 0 atom stereocenters. The van der Waals surface area contributed by atoms with Crippen molar-refractivity contribution in [3.05, 3.63) is 46.3 Å². The van der Waals surface area contributed by atoms with Crippen LogP contribution in [0.3, 0.4) is 0 Å². The van der Waals surface area contributed by atoms with Crippen molar-refractivity contribution in [3.8, 4) is 0 Å². The number of nitrogens with one attached hydrogen (secondary N) is 2. The molecule has 0 bridgehead atoms. The third-order valence-electron chi connectivity index (χ3n) is 3.23. The molecule has 4 nitrogen and oxygen atoms in total. The Morgan fingerprint density at radius 1 is 1.14 bits per heavy atom. The Kier molecular flexibility index (Phi) is 5.03. The lowest BCUT2D eigenvalue weighted by molar-refractivity contribution is 0.603. The molecule has 1 aromatic carbocycles. The molecule has 1 heterocycles. The first-order chi connectivity index (χ1) is 9.92. The molecule has 0 fully saturated rings. The highest BCUT2D eigenvalue weighted by atomic mass is 32.2. The van der Waals surface area contributed by atoms with Crippen LogP contribution in [0, 0.1) is 13.8 Å². The smallest absolute Gasteiger partial charge is 0.271 e. The molecule has 2 N–H and O–H groups in total. The average molecular weight is 324 g/mol. The normalized spacial score (nSPS) is 11.6. The second kappa shape index (κ2) is 6.60. The minimum absolute atomic E-state index is 0.341. The first-order valence-corrected chi connectivity index (χ1v) is 9.17. The average Bonchev–Trinajstić information content (AvgIpc) is 2.90. The molecule has 2 aromatic rings. The maximum Gasteiger partial charge on any atom is 0.271 e. The maximum absolute atomic E-state index is 12.4. The molecule has 6 heteroatoms. The van der Waals surface area contributed by atoms with E-state index in [1.165, 1.54) is 11.3 Å². The summed E-state index contributed by atoms with van der Waals surface area (Å²) < 4.78 is 27.7. The van der Waals surface area contributed by atoms with Crippen LogP contribution < -0.4 is 10.0 Å². The minimum Gasteiger partial charge on any atom is -0.313 e. The van der Waals surface area contributed by atoms with E-state index in [2.05, 4.69) is 10.0 Å². The van der Waals surface area contributed by atoms with Gasteiger partial charge < -0.3 is 5.32 Å². The van der Waals surface area contributed by atoms with Crippen LogP contribution in [-0.4, -0.2) is 15.0 Å². The molecule has 0 aliphatic rings. The number of thiophene rings is 1. The molecule has 0 amide bonds. The molecule has 0 aliphatic carbocycles. The minimum atomic E-state index is -3.51. The summed E-state index contributed by atoms with van der Waals surface area (Å²) in [6.07, 6.45) is 0. The SMILES string of the molecule is CCNCc1csc(S(=O)(=O)Nc2ccc(C)c(C)c2)c1. The van der Waals surface area contributed by atoms with Crippen molar-refractivity contribution in [1.82, 2.24) is 5.32 Å². The Bertz CT molecular complexity index is 721. The van der Waals surface area contributed by atoms with E-state index >= 15 is 0 Å². The fraction of sp³-hybridized carbons (Fsp3) is 0.333. The Labute approximate surface area is 130 Å². The van der Waals surface area contributed by atoms with Crippen molar-refractivity contribution in [2.24, 2.45) is 0 Å². The fourth-order valence-corrected chi connectivity index (χ4v) is 4.13. The summed E-state index contributed by atoms with van der Waals surface area (Å²) in [6.45, 7) is 7.53. The van der Waals surface area contributed by atoms with E-state index in [9.17, 15) is 8.42 Å². The zero-order valence-electron chi connectivity index (χ0n) is 12.4. The van der Waals surface area contributed by atoms with Crippen LogP contribution in [0.4, 0.5) is 5.69 Å². The van der Waals surface area contributed by atoms with Gasteiger partial charge >= 0.3 is 0 Å². The van der Waals surface area contributed by atoms with Crippen LogP contribution in [0.15, 0.2) is 33.9 Å². The lowest BCUT2D eigenvalue weighted by atomic mass is 10.1. The molecule has 0 aliphatic heterocycles. The Hall–Kier alpha value is -1.37. The summed E-state index contributed by atoms with van der Waals surface area (Å²) in [5.41, 5.74) is 3.79. The van der Waals surface area contributed by atoms with Gasteiger partial charge in [-0.15, -0.1) is 11.3 Å². The third kappa shape index (κ3) is 4.06. The van der Waals surface area contributed by atoms with Gasteiger partial charge in [0.05, 0.1) is 0 Å².